The minimum absolute atomic E-state index is 0.0287. The van der Waals surface area contributed by atoms with Gasteiger partial charge in [0.2, 0.25) is 5.91 Å². The number of H-pyrrole nitrogens is 1. The van der Waals surface area contributed by atoms with Crippen LogP contribution in [0.25, 0.3) is 33.5 Å². The summed E-state index contributed by atoms with van der Waals surface area (Å²) in [6.45, 7) is 3.27. The summed E-state index contributed by atoms with van der Waals surface area (Å²) in [6, 6.07) is 10.3. The van der Waals surface area contributed by atoms with Crippen molar-refractivity contribution in [3.63, 3.8) is 0 Å². The average molecular weight is 515 g/mol. The smallest absolute Gasteiger partial charge is 0.353 e. The quantitative estimate of drug-likeness (QED) is 0.259. The standard InChI is InChI=1S/C27H26N6O5/c1-14-9-19-21(10-15(14)2)32(3)24-23(30-19)25(35)33(27(37)31-24)13-22(34)29-20(26(36)38-4)11-16-12-28-18-8-6-5-7-17(16)18/h5-10,12,20,28H,11,13H2,1-4H3,(H,29,34)/t20-/m0/s1. The van der Waals surface area contributed by atoms with Crippen LogP contribution in [0.3, 0.4) is 0 Å². The van der Waals surface area contributed by atoms with E-state index >= 15 is 0 Å². The molecule has 0 spiro atoms. The second-order valence-electron chi connectivity index (χ2n) is 9.26. The predicted octanol–water partition coefficient (Wildman–Crippen LogP) is 1.59. The van der Waals surface area contributed by atoms with Gasteiger partial charge in [0.25, 0.3) is 5.56 Å². The van der Waals surface area contributed by atoms with E-state index in [1.54, 1.807) is 17.8 Å². The minimum atomic E-state index is -1.03. The van der Waals surface area contributed by atoms with Crippen LogP contribution < -0.4 is 16.6 Å². The SMILES string of the molecule is COC(=O)[C@H](Cc1c[nH]c2ccccc12)NC(=O)Cn1c(=O)nc2n(C)c3cc(C)c(C)cc3nc-2c1=O. The van der Waals surface area contributed by atoms with Crippen LogP contribution in [0.4, 0.5) is 0 Å². The van der Waals surface area contributed by atoms with E-state index in [2.05, 4.69) is 20.3 Å². The summed E-state index contributed by atoms with van der Waals surface area (Å²) >= 11 is 0. The molecular formula is C27H26N6O5. The number of hydrogen-bond acceptors (Lipinski definition) is 7. The van der Waals surface area contributed by atoms with Gasteiger partial charge >= 0.3 is 11.7 Å². The number of carbonyl (C=O) groups is 2. The lowest BCUT2D eigenvalue weighted by Gasteiger charge is -2.18. The zero-order chi connectivity index (χ0) is 27.1. The van der Waals surface area contributed by atoms with Gasteiger partial charge < -0.3 is 19.6 Å². The van der Waals surface area contributed by atoms with Crippen molar-refractivity contribution in [2.75, 3.05) is 7.11 Å². The number of hydrogen-bond donors (Lipinski definition) is 2. The number of aromatic amines is 1. The Bertz CT molecular complexity index is 1820. The highest BCUT2D eigenvalue weighted by Gasteiger charge is 2.26. The van der Waals surface area contributed by atoms with E-state index in [0.717, 1.165) is 37.7 Å². The monoisotopic (exact) mass is 514 g/mol. The Morgan fingerprint density at radius 2 is 1.84 bits per heavy atom. The third-order valence-corrected chi connectivity index (χ3v) is 6.82. The molecule has 11 nitrogen and oxygen atoms in total. The number of aromatic nitrogens is 5. The average Bonchev–Trinajstić information content (AvgIpc) is 3.30. The Kier molecular flexibility index (Phi) is 6.27. The van der Waals surface area contributed by atoms with Gasteiger partial charge in [-0.1, -0.05) is 18.2 Å². The highest BCUT2D eigenvalue weighted by molar-refractivity contribution is 5.87. The second-order valence-corrected chi connectivity index (χ2v) is 9.26. The number of methoxy groups -OCH3 is 1. The van der Waals surface area contributed by atoms with Crippen LogP contribution in [0.15, 0.2) is 52.2 Å². The molecule has 5 rings (SSSR count). The highest BCUT2D eigenvalue weighted by atomic mass is 16.5. The number of nitrogens with one attached hydrogen (secondary N) is 2. The van der Waals surface area contributed by atoms with E-state index in [4.69, 9.17) is 4.74 Å². The zero-order valence-electron chi connectivity index (χ0n) is 21.4. The van der Waals surface area contributed by atoms with Gasteiger partial charge in [-0.15, -0.1) is 0 Å². The summed E-state index contributed by atoms with van der Waals surface area (Å²) in [7, 11) is 2.93. The van der Waals surface area contributed by atoms with Gasteiger partial charge in [-0.25, -0.2) is 19.1 Å². The Balaban J connectivity index is 1.47. The number of para-hydroxylation sites is 1. The fourth-order valence-corrected chi connectivity index (χ4v) is 4.60. The van der Waals surface area contributed by atoms with Gasteiger partial charge in [-0.05, 0) is 48.7 Å². The van der Waals surface area contributed by atoms with Gasteiger partial charge in [0.15, 0.2) is 11.5 Å². The fourth-order valence-electron chi connectivity index (χ4n) is 4.60. The molecule has 11 heteroatoms. The lowest BCUT2D eigenvalue weighted by Crippen LogP contribution is -2.48. The van der Waals surface area contributed by atoms with E-state index in [1.165, 1.54) is 7.11 Å². The molecule has 1 atom stereocenters. The second kappa shape index (κ2) is 9.58. The number of amides is 1. The summed E-state index contributed by atoms with van der Waals surface area (Å²) in [6.07, 6.45) is 1.92. The topological polar surface area (TPSA) is 141 Å². The van der Waals surface area contributed by atoms with Crippen molar-refractivity contribution in [2.45, 2.75) is 32.9 Å². The first kappa shape index (κ1) is 24.9. The molecule has 0 unspecified atom stereocenters. The molecule has 2 aliphatic rings. The van der Waals surface area contributed by atoms with Crippen molar-refractivity contribution in [3.05, 3.63) is 80.1 Å². The first-order chi connectivity index (χ1) is 18.2. The molecule has 0 bridgehead atoms. The van der Waals surface area contributed by atoms with Crippen LogP contribution in [-0.4, -0.2) is 49.1 Å². The number of nitrogens with zero attached hydrogens (tertiary/aromatic N) is 4. The molecule has 2 aliphatic heterocycles. The van der Waals surface area contributed by atoms with Gasteiger partial charge in [0.1, 0.15) is 12.6 Å². The summed E-state index contributed by atoms with van der Waals surface area (Å²) in [5.41, 5.74) is 3.37. The molecule has 0 fully saturated rings. The molecular weight excluding hydrogens is 488 g/mol. The number of benzene rings is 2. The molecule has 0 radical (unpaired) electrons. The summed E-state index contributed by atoms with van der Waals surface area (Å²) < 4.78 is 7.25. The van der Waals surface area contributed by atoms with Crippen molar-refractivity contribution in [2.24, 2.45) is 7.05 Å². The van der Waals surface area contributed by atoms with E-state index in [9.17, 15) is 19.2 Å². The number of esters is 1. The van der Waals surface area contributed by atoms with Crippen molar-refractivity contribution < 1.29 is 14.3 Å². The Hall–Kier alpha value is -4.80. The van der Waals surface area contributed by atoms with E-state index in [-0.39, 0.29) is 17.9 Å². The van der Waals surface area contributed by atoms with Crippen LogP contribution in [-0.2, 0) is 34.3 Å². The van der Waals surface area contributed by atoms with Crippen molar-refractivity contribution in [3.8, 4) is 11.5 Å². The molecule has 2 aromatic carbocycles. The third-order valence-electron chi connectivity index (χ3n) is 6.82. The highest BCUT2D eigenvalue weighted by Crippen LogP contribution is 2.23. The van der Waals surface area contributed by atoms with Crippen LogP contribution in [0.2, 0.25) is 0 Å². The fraction of sp³-hybridized carbons (Fsp3) is 0.259. The molecule has 0 saturated carbocycles. The Morgan fingerprint density at radius 1 is 1.11 bits per heavy atom. The van der Waals surface area contributed by atoms with E-state index in [0.29, 0.717) is 5.52 Å². The van der Waals surface area contributed by atoms with E-state index in [1.807, 2.05) is 50.2 Å². The lowest BCUT2D eigenvalue weighted by molar-refractivity contribution is -0.145. The largest absolute Gasteiger partial charge is 0.467 e. The van der Waals surface area contributed by atoms with Crippen molar-refractivity contribution >= 4 is 33.8 Å². The molecule has 194 valence electrons. The van der Waals surface area contributed by atoms with Crippen LogP contribution in [0.1, 0.15) is 16.7 Å². The first-order valence-corrected chi connectivity index (χ1v) is 12.0. The van der Waals surface area contributed by atoms with E-state index < -0.39 is 35.7 Å². The van der Waals surface area contributed by atoms with Crippen LogP contribution in [0, 0.1) is 13.8 Å². The molecule has 1 amide bonds. The Morgan fingerprint density at radius 3 is 2.61 bits per heavy atom. The van der Waals surface area contributed by atoms with Gasteiger partial charge in [0.05, 0.1) is 18.1 Å². The normalized spacial score (nSPS) is 12.2. The molecule has 3 aromatic rings. The predicted molar refractivity (Wildman–Crippen MR) is 141 cm³/mol. The first-order valence-electron chi connectivity index (χ1n) is 12.0. The minimum Gasteiger partial charge on any atom is -0.467 e. The molecule has 1 aromatic heterocycles. The molecule has 0 saturated heterocycles. The van der Waals surface area contributed by atoms with Crippen LogP contribution in [0.5, 0.6) is 0 Å². The molecule has 0 aliphatic carbocycles. The maximum absolute atomic E-state index is 13.3. The van der Waals surface area contributed by atoms with Crippen molar-refractivity contribution in [1.29, 1.82) is 0 Å². The van der Waals surface area contributed by atoms with Gasteiger partial charge in [-0.3, -0.25) is 9.59 Å². The molecule has 2 N–H and O–H groups in total. The lowest BCUT2D eigenvalue weighted by atomic mass is 10.0. The number of aryl methyl sites for hydroxylation is 3. The number of carbonyl (C=O) groups excluding carboxylic acids is 2. The zero-order valence-corrected chi connectivity index (χ0v) is 21.4. The Labute approximate surface area is 216 Å². The maximum atomic E-state index is 13.3. The maximum Gasteiger partial charge on any atom is 0.353 e. The van der Waals surface area contributed by atoms with Crippen molar-refractivity contribution in [1.82, 2.24) is 29.4 Å². The third kappa shape index (κ3) is 4.32. The summed E-state index contributed by atoms with van der Waals surface area (Å²) in [5.74, 6) is -1.24. The van der Waals surface area contributed by atoms with Gasteiger partial charge in [0, 0.05) is 30.6 Å². The van der Waals surface area contributed by atoms with Crippen LogP contribution >= 0.6 is 0 Å². The molecule has 38 heavy (non-hydrogen) atoms. The number of ether oxygens (including phenoxy) is 1. The number of fused-ring (bicyclic) bond motifs is 3. The number of rotatable bonds is 6. The summed E-state index contributed by atoms with van der Waals surface area (Å²) in [4.78, 5) is 63.2. The van der Waals surface area contributed by atoms with Gasteiger partial charge in [-0.2, -0.15) is 4.98 Å². The molecule has 3 heterocycles. The summed E-state index contributed by atoms with van der Waals surface area (Å²) in [5, 5.41) is 3.50.